The molecule has 1 aliphatic heterocycles. The van der Waals surface area contributed by atoms with Crippen LogP contribution >= 0.6 is 0 Å². The minimum Gasteiger partial charge on any atom is -0.396 e. The Morgan fingerprint density at radius 2 is 2.15 bits per heavy atom. The lowest BCUT2D eigenvalue weighted by Crippen LogP contribution is -2.51. The first-order chi connectivity index (χ1) is 6.18. The fraction of sp³-hybridized carbons (Fsp3) is 0.889. The largest absolute Gasteiger partial charge is 0.396 e. The number of hydrogen-bond acceptors (Lipinski definition) is 3. The van der Waals surface area contributed by atoms with Gasteiger partial charge in [0.15, 0.2) is 0 Å². The van der Waals surface area contributed by atoms with Crippen LogP contribution in [-0.4, -0.2) is 36.4 Å². The summed E-state index contributed by atoms with van der Waals surface area (Å²) < 4.78 is 5.22. The topological polar surface area (TPSA) is 58.6 Å². The number of aliphatic hydroxyl groups excluding tert-OH is 1. The molecule has 13 heavy (non-hydrogen) atoms. The molecule has 0 aromatic carbocycles. The van der Waals surface area contributed by atoms with Gasteiger partial charge in [-0.15, -0.1) is 0 Å². The standard InChI is InChI=1S/C9H17NO3/c1-8(12)10-9(2-5-11)3-6-13-7-4-9/h11H,2-7H2,1H3,(H,10,12). The first kappa shape index (κ1) is 10.5. The Hall–Kier alpha value is -0.610. The van der Waals surface area contributed by atoms with Crippen LogP contribution in [0.25, 0.3) is 0 Å². The van der Waals surface area contributed by atoms with E-state index in [0.717, 1.165) is 12.8 Å². The van der Waals surface area contributed by atoms with Crippen molar-refractivity contribution in [2.45, 2.75) is 31.7 Å². The van der Waals surface area contributed by atoms with Gasteiger partial charge in [0.2, 0.25) is 5.91 Å². The molecular weight excluding hydrogens is 170 g/mol. The van der Waals surface area contributed by atoms with Crippen LogP contribution in [0.5, 0.6) is 0 Å². The zero-order valence-corrected chi connectivity index (χ0v) is 8.01. The molecule has 0 radical (unpaired) electrons. The predicted octanol–water partition coefficient (Wildman–Crippen LogP) is 0.0541. The highest BCUT2D eigenvalue weighted by molar-refractivity contribution is 5.73. The molecule has 0 aromatic rings. The molecule has 1 saturated heterocycles. The van der Waals surface area contributed by atoms with E-state index in [2.05, 4.69) is 5.32 Å². The maximum absolute atomic E-state index is 11.0. The fourth-order valence-corrected chi connectivity index (χ4v) is 1.79. The van der Waals surface area contributed by atoms with Gasteiger partial charge < -0.3 is 15.2 Å². The molecule has 0 atom stereocenters. The van der Waals surface area contributed by atoms with Gasteiger partial charge in [0.05, 0.1) is 0 Å². The second kappa shape index (κ2) is 4.58. The number of nitrogens with one attached hydrogen (secondary N) is 1. The molecule has 0 unspecified atom stereocenters. The number of hydrogen-bond donors (Lipinski definition) is 2. The summed E-state index contributed by atoms with van der Waals surface area (Å²) in [5.74, 6) is -0.0321. The third-order valence-corrected chi connectivity index (χ3v) is 2.48. The van der Waals surface area contributed by atoms with Crippen LogP contribution in [0, 0.1) is 0 Å². The van der Waals surface area contributed by atoms with E-state index in [1.807, 2.05) is 0 Å². The highest BCUT2D eigenvalue weighted by atomic mass is 16.5. The lowest BCUT2D eigenvalue weighted by molar-refractivity contribution is -0.122. The molecule has 0 bridgehead atoms. The molecule has 0 aromatic heterocycles. The van der Waals surface area contributed by atoms with Gasteiger partial charge in [-0.3, -0.25) is 4.79 Å². The molecule has 4 nitrogen and oxygen atoms in total. The van der Waals surface area contributed by atoms with Gasteiger partial charge in [-0.05, 0) is 19.3 Å². The smallest absolute Gasteiger partial charge is 0.217 e. The predicted molar refractivity (Wildman–Crippen MR) is 48.3 cm³/mol. The Labute approximate surface area is 78.3 Å². The second-order valence-electron chi connectivity index (χ2n) is 3.55. The molecule has 0 aliphatic carbocycles. The van der Waals surface area contributed by atoms with Gasteiger partial charge in [0, 0.05) is 32.3 Å². The van der Waals surface area contributed by atoms with Crippen molar-refractivity contribution in [1.29, 1.82) is 0 Å². The molecule has 1 amide bonds. The SMILES string of the molecule is CC(=O)NC1(CCO)CCOCC1. The lowest BCUT2D eigenvalue weighted by atomic mass is 9.87. The molecule has 0 saturated carbocycles. The van der Waals surface area contributed by atoms with Crippen LogP contribution in [0.3, 0.4) is 0 Å². The summed E-state index contributed by atoms with van der Waals surface area (Å²) in [6.07, 6.45) is 2.22. The van der Waals surface area contributed by atoms with Crippen molar-refractivity contribution in [3.05, 3.63) is 0 Å². The third kappa shape index (κ3) is 2.97. The molecule has 4 heteroatoms. The fourth-order valence-electron chi connectivity index (χ4n) is 1.79. The summed E-state index contributed by atoms with van der Waals surface area (Å²) in [5, 5.41) is 11.8. The maximum atomic E-state index is 11.0. The number of carbonyl (C=O) groups excluding carboxylic acids is 1. The Kier molecular flexibility index (Phi) is 3.69. The Morgan fingerprint density at radius 1 is 1.54 bits per heavy atom. The number of aliphatic hydroxyl groups is 1. The van der Waals surface area contributed by atoms with E-state index in [4.69, 9.17) is 9.84 Å². The number of ether oxygens (including phenoxy) is 1. The van der Waals surface area contributed by atoms with Crippen LogP contribution < -0.4 is 5.32 Å². The summed E-state index contributed by atoms with van der Waals surface area (Å²) in [6, 6.07) is 0. The van der Waals surface area contributed by atoms with Crippen molar-refractivity contribution in [3.8, 4) is 0 Å². The minimum absolute atomic E-state index is 0.0321. The summed E-state index contributed by atoms with van der Waals surface area (Å²) in [7, 11) is 0. The third-order valence-electron chi connectivity index (χ3n) is 2.48. The molecule has 0 spiro atoms. The van der Waals surface area contributed by atoms with Crippen LogP contribution in [0.4, 0.5) is 0 Å². The van der Waals surface area contributed by atoms with Crippen LogP contribution in [0.2, 0.25) is 0 Å². The van der Waals surface area contributed by atoms with Gasteiger partial charge in [0.25, 0.3) is 0 Å². The van der Waals surface area contributed by atoms with Gasteiger partial charge in [-0.2, -0.15) is 0 Å². The van der Waals surface area contributed by atoms with Gasteiger partial charge >= 0.3 is 0 Å². The average Bonchev–Trinajstić information content (AvgIpc) is 2.04. The average molecular weight is 187 g/mol. The van der Waals surface area contributed by atoms with E-state index in [0.29, 0.717) is 19.6 Å². The zero-order valence-electron chi connectivity index (χ0n) is 8.01. The monoisotopic (exact) mass is 187 g/mol. The quantitative estimate of drug-likeness (QED) is 0.656. The number of rotatable bonds is 3. The first-order valence-corrected chi connectivity index (χ1v) is 4.66. The normalized spacial score (nSPS) is 21.1. The van der Waals surface area contributed by atoms with Crippen LogP contribution in [-0.2, 0) is 9.53 Å². The minimum atomic E-state index is -0.223. The van der Waals surface area contributed by atoms with E-state index < -0.39 is 0 Å². The van der Waals surface area contributed by atoms with E-state index in [-0.39, 0.29) is 18.1 Å². The van der Waals surface area contributed by atoms with Crippen molar-refractivity contribution in [1.82, 2.24) is 5.32 Å². The van der Waals surface area contributed by atoms with E-state index in [1.165, 1.54) is 6.92 Å². The second-order valence-corrected chi connectivity index (χ2v) is 3.55. The van der Waals surface area contributed by atoms with Crippen molar-refractivity contribution >= 4 is 5.91 Å². The van der Waals surface area contributed by atoms with Crippen molar-refractivity contribution in [2.75, 3.05) is 19.8 Å². The summed E-state index contributed by atoms with van der Waals surface area (Å²) >= 11 is 0. The Bertz CT molecular complexity index is 170. The van der Waals surface area contributed by atoms with Crippen LogP contribution in [0.1, 0.15) is 26.2 Å². The molecule has 1 aliphatic rings. The molecule has 1 heterocycles. The van der Waals surface area contributed by atoms with E-state index >= 15 is 0 Å². The zero-order chi connectivity index (χ0) is 9.73. The maximum Gasteiger partial charge on any atom is 0.217 e. The first-order valence-electron chi connectivity index (χ1n) is 4.66. The highest BCUT2D eigenvalue weighted by Gasteiger charge is 2.32. The summed E-state index contributed by atoms with van der Waals surface area (Å²) in [6.45, 7) is 2.95. The van der Waals surface area contributed by atoms with Crippen molar-refractivity contribution in [2.24, 2.45) is 0 Å². The molecule has 76 valence electrons. The van der Waals surface area contributed by atoms with Gasteiger partial charge in [-0.25, -0.2) is 0 Å². The summed E-state index contributed by atoms with van der Waals surface area (Å²) in [4.78, 5) is 11.0. The van der Waals surface area contributed by atoms with Crippen LogP contribution in [0.15, 0.2) is 0 Å². The highest BCUT2D eigenvalue weighted by Crippen LogP contribution is 2.23. The Balaban J connectivity index is 2.55. The molecule has 2 N–H and O–H groups in total. The number of amides is 1. The number of carbonyl (C=O) groups is 1. The van der Waals surface area contributed by atoms with E-state index in [9.17, 15) is 4.79 Å². The molecule has 1 rings (SSSR count). The molecule has 1 fully saturated rings. The van der Waals surface area contributed by atoms with Gasteiger partial charge in [-0.1, -0.05) is 0 Å². The van der Waals surface area contributed by atoms with Crippen molar-refractivity contribution in [3.63, 3.8) is 0 Å². The lowest BCUT2D eigenvalue weighted by Gasteiger charge is -2.37. The Morgan fingerprint density at radius 3 is 2.62 bits per heavy atom. The molecular formula is C9H17NO3. The van der Waals surface area contributed by atoms with Gasteiger partial charge in [0.1, 0.15) is 0 Å². The van der Waals surface area contributed by atoms with Crippen molar-refractivity contribution < 1.29 is 14.6 Å². The van der Waals surface area contributed by atoms with E-state index in [1.54, 1.807) is 0 Å². The summed E-state index contributed by atoms with van der Waals surface area (Å²) in [5.41, 5.74) is -0.223.